The molecule has 1 aromatic heterocycles. The summed E-state index contributed by atoms with van der Waals surface area (Å²) in [5.41, 5.74) is 2.77. The SMILES string of the molecule is Cc1ccc2nc(NC(=O)NC3CC(=O)N(c4ccc(Cl)cc4)C3)sc2c1. The van der Waals surface area contributed by atoms with Gasteiger partial charge in [-0.2, -0.15) is 0 Å². The molecule has 138 valence electrons. The normalized spacial score (nSPS) is 16.7. The van der Waals surface area contributed by atoms with Crippen LogP contribution in [0.3, 0.4) is 0 Å². The third-order valence-electron chi connectivity index (χ3n) is 4.36. The van der Waals surface area contributed by atoms with Crippen molar-refractivity contribution in [2.24, 2.45) is 0 Å². The summed E-state index contributed by atoms with van der Waals surface area (Å²) in [4.78, 5) is 30.6. The molecule has 4 rings (SSSR count). The fourth-order valence-corrected chi connectivity index (χ4v) is 4.16. The van der Waals surface area contributed by atoms with Crippen LogP contribution in [0.15, 0.2) is 42.5 Å². The van der Waals surface area contributed by atoms with E-state index in [-0.39, 0.29) is 24.4 Å². The van der Waals surface area contributed by atoms with Crippen molar-refractivity contribution in [2.45, 2.75) is 19.4 Å². The summed E-state index contributed by atoms with van der Waals surface area (Å²) in [6, 6.07) is 12.4. The molecular formula is C19H17ClN4O2S. The van der Waals surface area contributed by atoms with E-state index in [1.165, 1.54) is 11.3 Å². The summed E-state index contributed by atoms with van der Waals surface area (Å²) in [6.07, 6.45) is 0.259. The molecule has 0 radical (unpaired) electrons. The quantitative estimate of drug-likeness (QED) is 0.692. The molecule has 1 atom stereocenters. The topological polar surface area (TPSA) is 74.3 Å². The fraction of sp³-hybridized carbons (Fsp3) is 0.211. The van der Waals surface area contributed by atoms with Crippen molar-refractivity contribution in [3.8, 4) is 0 Å². The van der Waals surface area contributed by atoms with Gasteiger partial charge in [0, 0.05) is 23.7 Å². The Kier molecular flexibility index (Phi) is 4.72. The van der Waals surface area contributed by atoms with E-state index in [4.69, 9.17) is 11.6 Å². The zero-order valence-electron chi connectivity index (χ0n) is 14.5. The van der Waals surface area contributed by atoms with Crippen molar-refractivity contribution in [3.63, 3.8) is 0 Å². The summed E-state index contributed by atoms with van der Waals surface area (Å²) >= 11 is 7.32. The van der Waals surface area contributed by atoms with E-state index in [0.29, 0.717) is 16.7 Å². The van der Waals surface area contributed by atoms with Gasteiger partial charge < -0.3 is 10.2 Å². The largest absolute Gasteiger partial charge is 0.333 e. The van der Waals surface area contributed by atoms with E-state index in [1.54, 1.807) is 29.2 Å². The number of halogens is 1. The van der Waals surface area contributed by atoms with E-state index in [1.807, 2.05) is 25.1 Å². The average molecular weight is 401 g/mol. The molecule has 0 spiro atoms. The van der Waals surface area contributed by atoms with E-state index >= 15 is 0 Å². The molecule has 1 aliphatic rings. The van der Waals surface area contributed by atoms with Gasteiger partial charge in [-0.05, 0) is 48.9 Å². The maximum atomic E-state index is 12.3. The van der Waals surface area contributed by atoms with Gasteiger partial charge in [0.05, 0.1) is 16.3 Å². The number of rotatable bonds is 3. The van der Waals surface area contributed by atoms with E-state index < -0.39 is 0 Å². The highest BCUT2D eigenvalue weighted by Gasteiger charge is 2.31. The maximum absolute atomic E-state index is 12.3. The highest BCUT2D eigenvalue weighted by Crippen LogP contribution is 2.27. The van der Waals surface area contributed by atoms with Gasteiger partial charge >= 0.3 is 6.03 Å². The molecule has 0 saturated carbocycles. The number of aryl methyl sites for hydroxylation is 1. The summed E-state index contributed by atoms with van der Waals surface area (Å²) in [5.74, 6) is -0.0296. The first-order valence-corrected chi connectivity index (χ1v) is 9.68. The Hall–Kier alpha value is -2.64. The van der Waals surface area contributed by atoms with Crippen molar-refractivity contribution in [1.82, 2.24) is 10.3 Å². The lowest BCUT2D eigenvalue weighted by Crippen LogP contribution is -2.39. The number of urea groups is 1. The zero-order chi connectivity index (χ0) is 19.0. The summed E-state index contributed by atoms with van der Waals surface area (Å²) in [7, 11) is 0. The average Bonchev–Trinajstić information content (AvgIpc) is 3.17. The lowest BCUT2D eigenvalue weighted by Gasteiger charge is -2.17. The minimum Gasteiger partial charge on any atom is -0.333 e. The predicted molar refractivity (Wildman–Crippen MR) is 109 cm³/mol. The fourth-order valence-electron chi connectivity index (χ4n) is 3.08. The van der Waals surface area contributed by atoms with E-state index in [2.05, 4.69) is 15.6 Å². The van der Waals surface area contributed by atoms with Gasteiger partial charge in [-0.15, -0.1) is 0 Å². The Labute approximate surface area is 165 Å². The van der Waals surface area contributed by atoms with Crippen LogP contribution in [-0.2, 0) is 4.79 Å². The van der Waals surface area contributed by atoms with Gasteiger partial charge in [0.25, 0.3) is 0 Å². The van der Waals surface area contributed by atoms with Gasteiger partial charge in [-0.1, -0.05) is 29.0 Å². The number of amides is 3. The molecule has 3 amide bonds. The zero-order valence-corrected chi connectivity index (χ0v) is 16.1. The summed E-state index contributed by atoms with van der Waals surface area (Å²) in [6.45, 7) is 2.44. The molecule has 3 aromatic rings. The number of anilines is 2. The molecule has 1 aliphatic heterocycles. The van der Waals surface area contributed by atoms with Crippen LogP contribution in [0.4, 0.5) is 15.6 Å². The van der Waals surface area contributed by atoms with Gasteiger partial charge in [-0.25, -0.2) is 9.78 Å². The third kappa shape index (κ3) is 3.89. The second-order valence-corrected chi connectivity index (χ2v) is 7.94. The van der Waals surface area contributed by atoms with Crippen molar-refractivity contribution in [2.75, 3.05) is 16.8 Å². The third-order valence-corrected chi connectivity index (χ3v) is 5.55. The molecule has 27 heavy (non-hydrogen) atoms. The van der Waals surface area contributed by atoms with Crippen molar-refractivity contribution >= 4 is 55.9 Å². The summed E-state index contributed by atoms with van der Waals surface area (Å²) in [5, 5.41) is 6.77. The first kappa shape index (κ1) is 17.8. The standard InChI is InChI=1S/C19H17ClN4O2S/c1-11-2-7-15-16(8-11)27-19(22-15)23-18(26)21-13-9-17(25)24(10-13)14-5-3-12(20)4-6-14/h2-8,13H,9-10H2,1H3,(H2,21,22,23,26). The molecule has 2 aromatic carbocycles. The molecule has 1 unspecified atom stereocenters. The number of carbonyl (C=O) groups excluding carboxylic acids is 2. The number of carbonyl (C=O) groups is 2. The Morgan fingerprint density at radius 2 is 2.04 bits per heavy atom. The molecule has 0 aliphatic carbocycles. The molecule has 6 nitrogen and oxygen atoms in total. The maximum Gasteiger partial charge on any atom is 0.321 e. The predicted octanol–water partition coefficient (Wildman–Crippen LogP) is 4.19. The smallest absolute Gasteiger partial charge is 0.321 e. The van der Waals surface area contributed by atoms with Gasteiger partial charge in [0.2, 0.25) is 5.91 Å². The number of aromatic nitrogens is 1. The van der Waals surface area contributed by atoms with Crippen LogP contribution in [0.2, 0.25) is 5.02 Å². The highest BCUT2D eigenvalue weighted by molar-refractivity contribution is 7.22. The minimum atomic E-state index is -0.360. The Morgan fingerprint density at radius 3 is 2.81 bits per heavy atom. The molecule has 1 saturated heterocycles. The lowest BCUT2D eigenvalue weighted by molar-refractivity contribution is -0.117. The van der Waals surface area contributed by atoms with E-state index in [0.717, 1.165) is 21.5 Å². The van der Waals surface area contributed by atoms with Crippen LogP contribution < -0.4 is 15.5 Å². The number of nitrogens with one attached hydrogen (secondary N) is 2. The van der Waals surface area contributed by atoms with Crippen molar-refractivity contribution in [1.29, 1.82) is 0 Å². The first-order chi connectivity index (χ1) is 13.0. The molecule has 1 fully saturated rings. The Bertz CT molecular complexity index is 1020. The summed E-state index contributed by atoms with van der Waals surface area (Å²) < 4.78 is 1.02. The lowest BCUT2D eigenvalue weighted by atomic mass is 10.2. The Balaban J connectivity index is 1.39. The number of benzene rings is 2. The van der Waals surface area contributed by atoms with Crippen LogP contribution in [0.1, 0.15) is 12.0 Å². The van der Waals surface area contributed by atoms with Crippen LogP contribution in [0, 0.1) is 6.92 Å². The highest BCUT2D eigenvalue weighted by atomic mass is 35.5. The number of nitrogens with zero attached hydrogens (tertiary/aromatic N) is 2. The molecule has 8 heteroatoms. The van der Waals surface area contributed by atoms with Crippen LogP contribution in [-0.4, -0.2) is 29.5 Å². The van der Waals surface area contributed by atoms with E-state index in [9.17, 15) is 9.59 Å². The second kappa shape index (κ2) is 7.17. The van der Waals surface area contributed by atoms with Gasteiger partial charge in [0.15, 0.2) is 5.13 Å². The molecule has 0 bridgehead atoms. The minimum absolute atomic E-state index is 0.0296. The van der Waals surface area contributed by atoms with Crippen LogP contribution in [0.25, 0.3) is 10.2 Å². The van der Waals surface area contributed by atoms with Crippen molar-refractivity contribution in [3.05, 3.63) is 53.1 Å². The van der Waals surface area contributed by atoms with Crippen LogP contribution >= 0.6 is 22.9 Å². The monoisotopic (exact) mass is 400 g/mol. The second-order valence-electron chi connectivity index (χ2n) is 6.47. The van der Waals surface area contributed by atoms with Crippen LogP contribution in [0.5, 0.6) is 0 Å². The molecule has 2 N–H and O–H groups in total. The Morgan fingerprint density at radius 1 is 1.26 bits per heavy atom. The number of hydrogen-bond donors (Lipinski definition) is 2. The molecule has 2 heterocycles. The molecular weight excluding hydrogens is 384 g/mol. The first-order valence-electron chi connectivity index (χ1n) is 8.48. The van der Waals surface area contributed by atoms with Gasteiger partial charge in [-0.3, -0.25) is 10.1 Å². The number of fused-ring (bicyclic) bond motifs is 1. The van der Waals surface area contributed by atoms with Crippen molar-refractivity contribution < 1.29 is 9.59 Å². The van der Waals surface area contributed by atoms with Gasteiger partial charge in [0.1, 0.15) is 0 Å². The number of thiazole rings is 1. The number of hydrogen-bond acceptors (Lipinski definition) is 4.